The molecule has 0 saturated heterocycles. The summed E-state index contributed by atoms with van der Waals surface area (Å²) in [4.78, 5) is 13.3. The monoisotopic (exact) mass is 367 g/mol. The standard InChI is InChI=1S/C24H21N3O/c1-16-12-14-19(15-13-16)25-26-21-20-11-7-8-17(2)22(20)27(3)23(21)24(28)18-9-5-4-6-10-18/h4-15H,1-3H3. The lowest BCUT2D eigenvalue weighted by molar-refractivity contribution is 0.103. The maximum atomic E-state index is 13.3. The zero-order valence-corrected chi connectivity index (χ0v) is 16.2. The largest absolute Gasteiger partial charge is 0.339 e. The molecule has 28 heavy (non-hydrogen) atoms. The number of rotatable bonds is 4. The van der Waals surface area contributed by atoms with Crippen LogP contribution in [0.3, 0.4) is 0 Å². The first-order valence-electron chi connectivity index (χ1n) is 9.22. The zero-order chi connectivity index (χ0) is 19.7. The minimum absolute atomic E-state index is 0.0587. The summed E-state index contributed by atoms with van der Waals surface area (Å²) in [5, 5.41) is 9.86. The van der Waals surface area contributed by atoms with Crippen molar-refractivity contribution in [2.24, 2.45) is 17.3 Å². The first-order valence-corrected chi connectivity index (χ1v) is 9.22. The molecular formula is C24H21N3O. The number of fused-ring (bicyclic) bond motifs is 1. The van der Waals surface area contributed by atoms with E-state index in [2.05, 4.69) is 10.2 Å². The molecule has 3 aromatic carbocycles. The lowest BCUT2D eigenvalue weighted by Gasteiger charge is -2.05. The van der Waals surface area contributed by atoms with Gasteiger partial charge in [-0.25, -0.2) is 0 Å². The van der Waals surface area contributed by atoms with Crippen molar-refractivity contribution in [1.29, 1.82) is 0 Å². The van der Waals surface area contributed by atoms with Crippen LogP contribution in [0.1, 0.15) is 27.2 Å². The molecule has 1 aromatic heterocycles. The maximum Gasteiger partial charge on any atom is 0.211 e. The summed E-state index contributed by atoms with van der Waals surface area (Å²) in [6.07, 6.45) is 0. The molecule has 138 valence electrons. The van der Waals surface area contributed by atoms with Crippen LogP contribution in [0.25, 0.3) is 10.9 Å². The summed E-state index contributed by atoms with van der Waals surface area (Å²) in [6.45, 7) is 4.07. The van der Waals surface area contributed by atoms with E-state index < -0.39 is 0 Å². The third kappa shape index (κ3) is 3.14. The smallest absolute Gasteiger partial charge is 0.211 e. The fraction of sp³-hybridized carbons (Fsp3) is 0.125. The summed E-state index contributed by atoms with van der Waals surface area (Å²) in [5.74, 6) is -0.0587. The maximum absolute atomic E-state index is 13.3. The minimum Gasteiger partial charge on any atom is -0.339 e. The highest BCUT2D eigenvalue weighted by Crippen LogP contribution is 2.36. The second kappa shape index (κ2) is 7.24. The molecule has 4 heteroatoms. The first-order chi connectivity index (χ1) is 13.6. The molecule has 0 bridgehead atoms. The van der Waals surface area contributed by atoms with E-state index in [0.29, 0.717) is 16.9 Å². The first kappa shape index (κ1) is 17.9. The van der Waals surface area contributed by atoms with Gasteiger partial charge >= 0.3 is 0 Å². The summed E-state index contributed by atoms with van der Waals surface area (Å²) < 4.78 is 1.93. The van der Waals surface area contributed by atoms with Gasteiger partial charge in [0.15, 0.2) is 0 Å². The molecule has 0 aliphatic rings. The Bertz CT molecular complexity index is 1190. The van der Waals surface area contributed by atoms with Crippen LogP contribution in [0.2, 0.25) is 0 Å². The second-order valence-electron chi connectivity index (χ2n) is 6.96. The van der Waals surface area contributed by atoms with Crippen LogP contribution in [-0.2, 0) is 7.05 Å². The van der Waals surface area contributed by atoms with Crippen molar-refractivity contribution in [2.75, 3.05) is 0 Å². The van der Waals surface area contributed by atoms with Gasteiger partial charge in [0.1, 0.15) is 11.4 Å². The van der Waals surface area contributed by atoms with Crippen molar-refractivity contribution in [3.05, 3.63) is 95.2 Å². The highest BCUT2D eigenvalue weighted by atomic mass is 16.1. The Kier molecular flexibility index (Phi) is 4.62. The Balaban J connectivity index is 1.92. The summed E-state index contributed by atoms with van der Waals surface area (Å²) >= 11 is 0. The molecule has 0 aliphatic heterocycles. The van der Waals surface area contributed by atoms with Crippen molar-refractivity contribution in [3.8, 4) is 0 Å². The highest BCUT2D eigenvalue weighted by molar-refractivity contribution is 6.16. The van der Waals surface area contributed by atoms with Gasteiger partial charge < -0.3 is 4.57 Å². The van der Waals surface area contributed by atoms with E-state index in [1.165, 1.54) is 5.56 Å². The molecular weight excluding hydrogens is 346 g/mol. The Morgan fingerprint density at radius 1 is 0.821 bits per heavy atom. The summed E-state index contributed by atoms with van der Waals surface area (Å²) in [6, 6.07) is 23.2. The zero-order valence-electron chi connectivity index (χ0n) is 16.2. The van der Waals surface area contributed by atoms with Gasteiger partial charge in [0, 0.05) is 18.0 Å². The number of benzene rings is 3. The van der Waals surface area contributed by atoms with E-state index in [4.69, 9.17) is 0 Å². The van der Waals surface area contributed by atoms with Crippen LogP contribution in [0, 0.1) is 13.8 Å². The van der Waals surface area contributed by atoms with E-state index in [-0.39, 0.29) is 5.78 Å². The molecule has 4 nitrogen and oxygen atoms in total. The quantitative estimate of drug-likeness (QED) is 0.302. The predicted octanol–water partition coefficient (Wildman–Crippen LogP) is 6.44. The van der Waals surface area contributed by atoms with E-state index in [9.17, 15) is 4.79 Å². The van der Waals surface area contributed by atoms with Gasteiger partial charge in [0.25, 0.3) is 0 Å². The topological polar surface area (TPSA) is 46.7 Å². The SMILES string of the molecule is Cc1ccc(N=Nc2c(C(=O)c3ccccc3)n(C)c3c(C)cccc23)cc1. The Morgan fingerprint density at radius 2 is 1.54 bits per heavy atom. The minimum atomic E-state index is -0.0587. The third-order valence-corrected chi connectivity index (χ3v) is 4.94. The fourth-order valence-electron chi connectivity index (χ4n) is 3.50. The van der Waals surface area contributed by atoms with Crippen LogP contribution in [0.15, 0.2) is 83.0 Å². The molecule has 0 spiro atoms. The molecule has 0 atom stereocenters. The van der Waals surface area contributed by atoms with E-state index in [0.717, 1.165) is 22.2 Å². The molecule has 4 rings (SSSR count). The van der Waals surface area contributed by atoms with Crippen LogP contribution in [0.5, 0.6) is 0 Å². The van der Waals surface area contributed by atoms with Crippen molar-refractivity contribution < 1.29 is 4.79 Å². The molecule has 0 unspecified atom stereocenters. The second-order valence-corrected chi connectivity index (χ2v) is 6.96. The van der Waals surface area contributed by atoms with Crippen LogP contribution < -0.4 is 0 Å². The normalized spacial score (nSPS) is 11.4. The Morgan fingerprint density at radius 3 is 2.25 bits per heavy atom. The van der Waals surface area contributed by atoms with E-state index in [1.54, 1.807) is 0 Å². The predicted molar refractivity (Wildman–Crippen MR) is 113 cm³/mol. The molecule has 4 aromatic rings. The molecule has 1 heterocycles. The van der Waals surface area contributed by atoms with Gasteiger partial charge in [0.2, 0.25) is 5.78 Å². The van der Waals surface area contributed by atoms with Gasteiger partial charge in [-0.05, 0) is 31.5 Å². The molecule has 0 radical (unpaired) electrons. The number of hydrogen-bond donors (Lipinski definition) is 0. The lowest BCUT2D eigenvalue weighted by Crippen LogP contribution is -2.07. The lowest BCUT2D eigenvalue weighted by atomic mass is 10.1. The number of aryl methyl sites for hydroxylation is 3. The Hall–Kier alpha value is -3.53. The van der Waals surface area contributed by atoms with Crippen LogP contribution >= 0.6 is 0 Å². The summed E-state index contributed by atoms with van der Waals surface area (Å²) in [7, 11) is 1.91. The number of ketones is 1. The van der Waals surface area contributed by atoms with Crippen molar-refractivity contribution in [2.45, 2.75) is 13.8 Å². The average Bonchev–Trinajstić information content (AvgIpc) is 3.00. The number of para-hydroxylation sites is 1. The number of carbonyl (C=O) groups is 1. The van der Waals surface area contributed by atoms with Gasteiger partial charge in [0.05, 0.1) is 11.2 Å². The van der Waals surface area contributed by atoms with Crippen LogP contribution in [-0.4, -0.2) is 10.4 Å². The van der Waals surface area contributed by atoms with Crippen molar-refractivity contribution in [1.82, 2.24) is 4.57 Å². The van der Waals surface area contributed by atoms with Crippen molar-refractivity contribution in [3.63, 3.8) is 0 Å². The number of nitrogens with zero attached hydrogens (tertiary/aromatic N) is 3. The number of aromatic nitrogens is 1. The van der Waals surface area contributed by atoms with E-state index in [1.807, 2.05) is 98.3 Å². The van der Waals surface area contributed by atoms with Crippen molar-refractivity contribution >= 4 is 28.1 Å². The summed E-state index contributed by atoms with van der Waals surface area (Å²) in [5.41, 5.74) is 5.81. The van der Waals surface area contributed by atoms with E-state index >= 15 is 0 Å². The molecule has 0 saturated carbocycles. The molecule has 0 fully saturated rings. The molecule has 0 N–H and O–H groups in total. The van der Waals surface area contributed by atoms with Gasteiger partial charge in [-0.3, -0.25) is 4.79 Å². The third-order valence-electron chi connectivity index (χ3n) is 4.94. The highest BCUT2D eigenvalue weighted by Gasteiger charge is 2.23. The molecule has 0 amide bonds. The van der Waals surface area contributed by atoms with Gasteiger partial charge in [-0.1, -0.05) is 66.2 Å². The number of hydrogen-bond acceptors (Lipinski definition) is 3. The fourth-order valence-corrected chi connectivity index (χ4v) is 3.50. The van der Waals surface area contributed by atoms with Gasteiger partial charge in [-0.2, -0.15) is 5.11 Å². The molecule has 0 aliphatic carbocycles. The average molecular weight is 367 g/mol. The van der Waals surface area contributed by atoms with Gasteiger partial charge in [-0.15, -0.1) is 5.11 Å². The number of azo groups is 1. The van der Waals surface area contributed by atoms with Crippen LogP contribution in [0.4, 0.5) is 11.4 Å². The number of carbonyl (C=O) groups excluding carboxylic acids is 1. The Labute approximate surface area is 164 Å².